The first-order valence-electron chi connectivity index (χ1n) is 6.33. The average Bonchev–Trinajstić information content (AvgIpc) is 2.41. The predicted molar refractivity (Wildman–Crippen MR) is 64.0 cm³/mol. The Bertz CT molecular complexity index is 313. The van der Waals surface area contributed by atoms with E-state index >= 15 is 0 Å². The van der Waals surface area contributed by atoms with Gasteiger partial charge in [0.05, 0.1) is 0 Å². The Morgan fingerprint density at radius 1 is 1.50 bits per heavy atom. The summed E-state index contributed by atoms with van der Waals surface area (Å²) in [7, 11) is 0. The summed E-state index contributed by atoms with van der Waals surface area (Å²) in [6, 6.07) is 0. The molecule has 4 heteroatoms. The van der Waals surface area contributed by atoms with Gasteiger partial charge in [0.2, 0.25) is 0 Å². The predicted octanol–water partition coefficient (Wildman–Crippen LogP) is 1.55. The van der Waals surface area contributed by atoms with Gasteiger partial charge in [0.1, 0.15) is 5.54 Å². The van der Waals surface area contributed by atoms with Crippen LogP contribution in [0.4, 0.5) is 0 Å². The summed E-state index contributed by atoms with van der Waals surface area (Å²) < 4.78 is 0. The van der Waals surface area contributed by atoms with E-state index in [1.54, 1.807) is 0 Å². The minimum atomic E-state index is -0.521. The molecule has 0 radical (unpaired) electrons. The van der Waals surface area contributed by atoms with Crippen molar-refractivity contribution < 1.29 is 4.79 Å². The van der Waals surface area contributed by atoms with Crippen LogP contribution in [-0.4, -0.2) is 17.4 Å². The highest BCUT2D eigenvalue weighted by Crippen LogP contribution is 2.36. The van der Waals surface area contributed by atoms with Crippen LogP contribution in [0.2, 0.25) is 0 Å². The molecule has 1 amide bonds. The number of carbonyl (C=O) groups excluding carboxylic acids is 1. The third kappa shape index (κ3) is 2.06. The van der Waals surface area contributed by atoms with Gasteiger partial charge < -0.3 is 5.73 Å². The van der Waals surface area contributed by atoms with Crippen LogP contribution in [-0.2, 0) is 4.79 Å². The molecule has 0 aromatic heterocycles. The molecule has 1 aliphatic carbocycles. The number of nitrogens with zero attached hydrogens (tertiary/aromatic N) is 1. The zero-order valence-electron chi connectivity index (χ0n) is 9.96. The van der Waals surface area contributed by atoms with Crippen molar-refractivity contribution in [2.45, 2.75) is 57.4 Å². The lowest BCUT2D eigenvalue weighted by Gasteiger charge is -2.20. The van der Waals surface area contributed by atoms with Crippen LogP contribution in [0, 0.1) is 5.92 Å². The molecule has 16 heavy (non-hydrogen) atoms. The Kier molecular flexibility index (Phi) is 3.17. The maximum atomic E-state index is 11.9. The van der Waals surface area contributed by atoms with Crippen LogP contribution in [0.5, 0.6) is 0 Å². The number of nitrogens with two attached hydrogens (primary N) is 1. The summed E-state index contributed by atoms with van der Waals surface area (Å²) in [6.07, 6.45) is 7.67. The van der Waals surface area contributed by atoms with Gasteiger partial charge in [-0.2, -0.15) is 0 Å². The van der Waals surface area contributed by atoms with E-state index in [1.165, 1.54) is 19.3 Å². The lowest BCUT2D eigenvalue weighted by Crippen LogP contribution is -2.40. The lowest BCUT2D eigenvalue weighted by atomic mass is 9.89. The Morgan fingerprint density at radius 2 is 2.31 bits per heavy atom. The highest BCUT2D eigenvalue weighted by molar-refractivity contribution is 6.06. The fourth-order valence-electron chi connectivity index (χ4n) is 2.97. The quantitative estimate of drug-likeness (QED) is 0.745. The number of hydrogen-bond acceptors (Lipinski definition) is 3. The molecule has 1 heterocycles. The van der Waals surface area contributed by atoms with Gasteiger partial charge in [-0.15, -0.1) is 0 Å². The lowest BCUT2D eigenvalue weighted by molar-refractivity contribution is -0.124. The van der Waals surface area contributed by atoms with Gasteiger partial charge in [0.25, 0.3) is 5.91 Å². The number of rotatable bonds is 2. The number of nitrogens with one attached hydrogen (secondary N) is 1. The summed E-state index contributed by atoms with van der Waals surface area (Å²) in [5.74, 6) is 1.09. The van der Waals surface area contributed by atoms with E-state index in [1.807, 2.05) is 0 Å². The van der Waals surface area contributed by atoms with Crippen molar-refractivity contribution in [2.24, 2.45) is 16.6 Å². The first-order chi connectivity index (χ1) is 7.66. The van der Waals surface area contributed by atoms with Gasteiger partial charge in [-0.05, 0) is 25.2 Å². The van der Waals surface area contributed by atoms with Crippen molar-refractivity contribution in [3.05, 3.63) is 0 Å². The molecule has 0 aromatic carbocycles. The summed E-state index contributed by atoms with van der Waals surface area (Å²) in [5, 5.41) is 2.64. The molecule has 2 aliphatic rings. The van der Waals surface area contributed by atoms with Crippen molar-refractivity contribution in [1.82, 2.24) is 5.32 Å². The van der Waals surface area contributed by atoms with Crippen LogP contribution < -0.4 is 11.1 Å². The van der Waals surface area contributed by atoms with Gasteiger partial charge in [-0.1, -0.05) is 32.6 Å². The first kappa shape index (κ1) is 11.4. The third-order valence-electron chi connectivity index (χ3n) is 3.86. The van der Waals surface area contributed by atoms with E-state index in [0.717, 1.165) is 31.6 Å². The molecule has 2 unspecified atom stereocenters. The van der Waals surface area contributed by atoms with Crippen molar-refractivity contribution in [3.63, 3.8) is 0 Å². The van der Waals surface area contributed by atoms with E-state index in [-0.39, 0.29) is 5.91 Å². The molecular weight excluding hydrogens is 202 g/mol. The van der Waals surface area contributed by atoms with Crippen LogP contribution in [0.25, 0.3) is 0 Å². The highest BCUT2D eigenvalue weighted by atomic mass is 16.2. The molecule has 0 saturated heterocycles. The molecule has 1 fully saturated rings. The van der Waals surface area contributed by atoms with E-state index in [4.69, 9.17) is 5.73 Å². The highest BCUT2D eigenvalue weighted by Gasteiger charge is 2.43. The molecule has 2 rings (SSSR count). The molecule has 4 nitrogen and oxygen atoms in total. The van der Waals surface area contributed by atoms with Crippen molar-refractivity contribution in [3.8, 4) is 0 Å². The number of hydrogen-bond donors (Lipinski definition) is 2. The van der Waals surface area contributed by atoms with Gasteiger partial charge in [-0.3, -0.25) is 10.1 Å². The van der Waals surface area contributed by atoms with Crippen molar-refractivity contribution >= 4 is 11.9 Å². The van der Waals surface area contributed by atoms with Crippen LogP contribution in [0.3, 0.4) is 0 Å². The van der Waals surface area contributed by atoms with Gasteiger partial charge in [0.15, 0.2) is 5.96 Å². The standard InChI is InChI=1S/C12H21N3O/c1-2-4-9-5-3-7-12(8-6-9)10(16)14-11(13)15-12/h9H,2-8H2,1H3,(H3,13,14,15,16). The van der Waals surface area contributed by atoms with E-state index < -0.39 is 5.54 Å². The molecule has 1 spiro atoms. The fraction of sp³-hybridized carbons (Fsp3) is 0.833. The molecule has 3 N–H and O–H groups in total. The smallest absolute Gasteiger partial charge is 0.254 e. The Balaban J connectivity index is 2.05. The first-order valence-corrected chi connectivity index (χ1v) is 6.33. The van der Waals surface area contributed by atoms with Gasteiger partial charge in [-0.25, -0.2) is 4.99 Å². The zero-order valence-corrected chi connectivity index (χ0v) is 9.96. The molecular formula is C12H21N3O. The van der Waals surface area contributed by atoms with Crippen LogP contribution >= 0.6 is 0 Å². The van der Waals surface area contributed by atoms with E-state index in [0.29, 0.717) is 5.96 Å². The Morgan fingerprint density at radius 3 is 2.94 bits per heavy atom. The maximum Gasteiger partial charge on any atom is 0.254 e. The molecule has 0 aromatic rings. The average molecular weight is 223 g/mol. The summed E-state index contributed by atoms with van der Waals surface area (Å²) in [5.41, 5.74) is 5.07. The zero-order chi connectivity index (χ0) is 11.6. The normalized spacial score (nSPS) is 34.7. The molecule has 1 aliphatic heterocycles. The number of amides is 1. The second kappa shape index (κ2) is 4.44. The molecule has 0 bridgehead atoms. The largest absolute Gasteiger partial charge is 0.370 e. The van der Waals surface area contributed by atoms with Crippen LogP contribution in [0.15, 0.2) is 4.99 Å². The SMILES string of the molecule is CCCC1CCCC2(CC1)N=C(N)NC2=O. The van der Waals surface area contributed by atoms with Crippen LogP contribution in [0.1, 0.15) is 51.9 Å². The Hall–Kier alpha value is -1.06. The fourth-order valence-corrected chi connectivity index (χ4v) is 2.97. The summed E-state index contributed by atoms with van der Waals surface area (Å²) >= 11 is 0. The second-order valence-electron chi connectivity index (χ2n) is 5.07. The molecule has 90 valence electrons. The maximum absolute atomic E-state index is 11.9. The minimum Gasteiger partial charge on any atom is -0.370 e. The third-order valence-corrected chi connectivity index (χ3v) is 3.86. The number of carbonyl (C=O) groups is 1. The van der Waals surface area contributed by atoms with Gasteiger partial charge >= 0.3 is 0 Å². The monoisotopic (exact) mass is 223 g/mol. The van der Waals surface area contributed by atoms with E-state index in [9.17, 15) is 4.79 Å². The molecule has 1 saturated carbocycles. The molecule has 2 atom stereocenters. The Labute approximate surface area is 96.7 Å². The summed E-state index contributed by atoms with van der Waals surface area (Å²) in [6.45, 7) is 2.22. The minimum absolute atomic E-state index is 0.0159. The van der Waals surface area contributed by atoms with E-state index in [2.05, 4.69) is 17.2 Å². The number of aliphatic imine (C=N–C) groups is 1. The summed E-state index contributed by atoms with van der Waals surface area (Å²) in [4.78, 5) is 16.2. The van der Waals surface area contributed by atoms with Crippen molar-refractivity contribution in [1.29, 1.82) is 0 Å². The van der Waals surface area contributed by atoms with Crippen molar-refractivity contribution in [2.75, 3.05) is 0 Å². The second-order valence-corrected chi connectivity index (χ2v) is 5.07. The topological polar surface area (TPSA) is 67.5 Å². The van der Waals surface area contributed by atoms with Gasteiger partial charge in [0, 0.05) is 0 Å². The number of guanidine groups is 1.